The van der Waals surface area contributed by atoms with Gasteiger partial charge in [0.2, 0.25) is 0 Å². The third-order valence-corrected chi connectivity index (χ3v) is 3.99. The number of aromatic nitrogens is 2. The number of nitrogens with two attached hydrogens (primary N) is 1. The lowest BCUT2D eigenvalue weighted by atomic mass is 10.1. The van der Waals surface area contributed by atoms with Crippen LogP contribution in [0.5, 0.6) is 0 Å². The van der Waals surface area contributed by atoms with E-state index in [9.17, 15) is 4.79 Å². The van der Waals surface area contributed by atoms with Gasteiger partial charge in [0, 0.05) is 18.4 Å². The Balaban J connectivity index is 2.30. The third kappa shape index (κ3) is 2.28. The lowest BCUT2D eigenvalue weighted by Crippen LogP contribution is -2.33. The Hall–Kier alpha value is -1.69. The quantitative estimate of drug-likeness (QED) is 0.887. The van der Waals surface area contributed by atoms with Gasteiger partial charge < -0.3 is 11.1 Å². The SMILES string of the molecule is CCC(CC)NC(=O)c1sc2nccnc2c1N. The zero-order chi connectivity index (χ0) is 13.1. The van der Waals surface area contributed by atoms with Crippen LogP contribution in [0.1, 0.15) is 36.4 Å². The molecule has 2 heterocycles. The topological polar surface area (TPSA) is 80.9 Å². The van der Waals surface area contributed by atoms with Crippen LogP contribution in [0.4, 0.5) is 5.69 Å². The van der Waals surface area contributed by atoms with Crippen molar-refractivity contribution in [2.45, 2.75) is 32.7 Å². The number of carbonyl (C=O) groups excluding carboxylic acids is 1. The van der Waals surface area contributed by atoms with Gasteiger partial charge in [-0.15, -0.1) is 11.3 Å². The van der Waals surface area contributed by atoms with Gasteiger partial charge in [-0.05, 0) is 12.8 Å². The number of carbonyl (C=O) groups is 1. The second kappa shape index (κ2) is 5.30. The largest absolute Gasteiger partial charge is 0.396 e. The Bertz CT molecular complexity index is 562. The van der Waals surface area contributed by atoms with Crippen LogP contribution in [0.25, 0.3) is 10.3 Å². The van der Waals surface area contributed by atoms with Gasteiger partial charge in [-0.25, -0.2) is 9.97 Å². The minimum Gasteiger partial charge on any atom is -0.396 e. The van der Waals surface area contributed by atoms with Crippen LogP contribution in [-0.2, 0) is 0 Å². The highest BCUT2D eigenvalue weighted by Gasteiger charge is 2.19. The molecule has 0 spiro atoms. The zero-order valence-corrected chi connectivity index (χ0v) is 11.3. The Kier molecular flexibility index (Phi) is 3.76. The summed E-state index contributed by atoms with van der Waals surface area (Å²) in [6, 6.07) is 0.183. The summed E-state index contributed by atoms with van der Waals surface area (Å²) in [5.74, 6) is -0.133. The molecule has 0 unspecified atom stereocenters. The highest BCUT2D eigenvalue weighted by Crippen LogP contribution is 2.30. The predicted molar refractivity (Wildman–Crippen MR) is 73.7 cm³/mol. The van der Waals surface area contributed by atoms with E-state index in [2.05, 4.69) is 15.3 Å². The first-order valence-electron chi connectivity index (χ1n) is 5.97. The van der Waals surface area contributed by atoms with Crippen LogP contribution in [0, 0.1) is 0 Å². The van der Waals surface area contributed by atoms with Crippen molar-refractivity contribution < 1.29 is 4.79 Å². The van der Waals surface area contributed by atoms with Crippen LogP contribution in [0.15, 0.2) is 12.4 Å². The van der Waals surface area contributed by atoms with E-state index in [1.54, 1.807) is 12.4 Å². The minimum atomic E-state index is -0.133. The summed E-state index contributed by atoms with van der Waals surface area (Å²) in [5, 5.41) is 2.97. The summed E-state index contributed by atoms with van der Waals surface area (Å²) in [7, 11) is 0. The molecule has 6 heteroatoms. The number of amides is 1. The van der Waals surface area contributed by atoms with E-state index < -0.39 is 0 Å². The Morgan fingerprint density at radius 2 is 2.06 bits per heavy atom. The van der Waals surface area contributed by atoms with Crippen LogP contribution in [-0.4, -0.2) is 21.9 Å². The highest BCUT2D eigenvalue weighted by molar-refractivity contribution is 7.21. The molecular formula is C12H16N4OS. The van der Waals surface area contributed by atoms with Gasteiger partial charge in [0.1, 0.15) is 15.2 Å². The summed E-state index contributed by atoms with van der Waals surface area (Å²) in [5.41, 5.74) is 6.98. The molecule has 5 nitrogen and oxygen atoms in total. The van der Waals surface area contributed by atoms with Gasteiger partial charge in [0.15, 0.2) is 0 Å². The molecule has 0 aliphatic rings. The van der Waals surface area contributed by atoms with Crippen molar-refractivity contribution >= 4 is 33.3 Å². The van der Waals surface area contributed by atoms with Crippen molar-refractivity contribution in [3.05, 3.63) is 17.3 Å². The van der Waals surface area contributed by atoms with E-state index in [1.165, 1.54) is 11.3 Å². The Morgan fingerprint density at radius 1 is 1.39 bits per heavy atom. The second-order valence-corrected chi connectivity index (χ2v) is 5.04. The molecule has 96 valence electrons. The molecule has 0 aromatic carbocycles. The number of nitrogens with zero attached hydrogens (tertiary/aromatic N) is 2. The van der Waals surface area contributed by atoms with Crippen LogP contribution in [0.3, 0.4) is 0 Å². The van der Waals surface area contributed by atoms with E-state index in [0.29, 0.717) is 20.9 Å². The molecule has 0 aliphatic carbocycles. The van der Waals surface area contributed by atoms with Gasteiger partial charge in [-0.1, -0.05) is 13.8 Å². The zero-order valence-electron chi connectivity index (χ0n) is 10.4. The number of anilines is 1. The number of fused-ring (bicyclic) bond motifs is 1. The first kappa shape index (κ1) is 12.8. The maximum absolute atomic E-state index is 12.1. The summed E-state index contributed by atoms with van der Waals surface area (Å²) < 4.78 is 0. The fourth-order valence-corrected chi connectivity index (χ4v) is 2.68. The van der Waals surface area contributed by atoms with Crippen molar-refractivity contribution in [1.82, 2.24) is 15.3 Å². The maximum atomic E-state index is 12.1. The number of nitrogens with one attached hydrogen (secondary N) is 1. The molecule has 3 N–H and O–H groups in total. The number of hydrogen-bond donors (Lipinski definition) is 2. The Morgan fingerprint density at radius 3 is 2.67 bits per heavy atom. The summed E-state index contributed by atoms with van der Waals surface area (Å²) in [6.45, 7) is 4.09. The van der Waals surface area contributed by atoms with Crippen molar-refractivity contribution in [2.75, 3.05) is 5.73 Å². The molecule has 0 fully saturated rings. The monoisotopic (exact) mass is 264 g/mol. The van der Waals surface area contributed by atoms with Crippen LogP contribution in [0.2, 0.25) is 0 Å². The molecule has 2 aromatic heterocycles. The average molecular weight is 264 g/mol. The first-order valence-corrected chi connectivity index (χ1v) is 6.78. The summed E-state index contributed by atoms with van der Waals surface area (Å²) in [4.78, 5) is 21.6. The van der Waals surface area contributed by atoms with Gasteiger partial charge in [0.25, 0.3) is 5.91 Å². The molecule has 18 heavy (non-hydrogen) atoms. The molecule has 2 rings (SSSR count). The number of rotatable bonds is 4. The molecule has 1 amide bonds. The van der Waals surface area contributed by atoms with E-state index in [0.717, 1.165) is 12.8 Å². The maximum Gasteiger partial charge on any atom is 0.263 e. The van der Waals surface area contributed by atoms with E-state index in [-0.39, 0.29) is 11.9 Å². The van der Waals surface area contributed by atoms with Gasteiger partial charge >= 0.3 is 0 Å². The molecule has 0 aliphatic heterocycles. The van der Waals surface area contributed by atoms with Crippen LogP contribution < -0.4 is 11.1 Å². The number of nitrogen functional groups attached to an aromatic ring is 1. The van der Waals surface area contributed by atoms with Crippen LogP contribution >= 0.6 is 11.3 Å². The fraction of sp³-hybridized carbons (Fsp3) is 0.417. The average Bonchev–Trinajstić information content (AvgIpc) is 2.74. The molecule has 2 aromatic rings. The lowest BCUT2D eigenvalue weighted by molar-refractivity contribution is 0.0940. The standard InChI is InChI=1S/C12H16N4OS/c1-3-7(4-2)16-11(17)10-8(13)9-12(18-10)15-6-5-14-9/h5-7H,3-4,13H2,1-2H3,(H,16,17). The third-order valence-electron chi connectivity index (χ3n) is 2.89. The van der Waals surface area contributed by atoms with Gasteiger partial charge in [-0.3, -0.25) is 4.79 Å². The predicted octanol–water partition coefficient (Wildman–Crippen LogP) is 2.19. The normalized spacial score (nSPS) is 11.1. The number of thiophene rings is 1. The fourth-order valence-electron chi connectivity index (χ4n) is 1.76. The van der Waals surface area contributed by atoms with E-state index in [4.69, 9.17) is 5.73 Å². The summed E-state index contributed by atoms with van der Waals surface area (Å²) >= 11 is 1.28. The van der Waals surface area contributed by atoms with Crippen molar-refractivity contribution in [3.63, 3.8) is 0 Å². The van der Waals surface area contributed by atoms with Crippen molar-refractivity contribution in [3.8, 4) is 0 Å². The molecule has 0 saturated heterocycles. The van der Waals surface area contributed by atoms with Gasteiger partial charge in [-0.2, -0.15) is 0 Å². The van der Waals surface area contributed by atoms with Crippen molar-refractivity contribution in [2.24, 2.45) is 0 Å². The summed E-state index contributed by atoms with van der Waals surface area (Å²) in [6.07, 6.45) is 4.99. The minimum absolute atomic E-state index is 0.133. The molecule has 0 bridgehead atoms. The molecule has 0 radical (unpaired) electrons. The van der Waals surface area contributed by atoms with E-state index >= 15 is 0 Å². The molecular weight excluding hydrogens is 248 g/mol. The van der Waals surface area contributed by atoms with Crippen molar-refractivity contribution in [1.29, 1.82) is 0 Å². The second-order valence-electron chi connectivity index (χ2n) is 4.04. The molecule has 0 atom stereocenters. The van der Waals surface area contributed by atoms with Gasteiger partial charge in [0.05, 0.1) is 5.69 Å². The first-order chi connectivity index (χ1) is 8.67. The Labute approximate surface area is 109 Å². The molecule has 0 saturated carbocycles. The lowest BCUT2D eigenvalue weighted by Gasteiger charge is -2.13. The van der Waals surface area contributed by atoms with E-state index in [1.807, 2.05) is 13.8 Å². The number of hydrogen-bond acceptors (Lipinski definition) is 5. The smallest absolute Gasteiger partial charge is 0.263 e. The highest BCUT2D eigenvalue weighted by atomic mass is 32.1.